The summed E-state index contributed by atoms with van der Waals surface area (Å²) in [5.74, 6) is 1.11. The number of esters is 1. The minimum absolute atomic E-state index is 0.0367. The monoisotopic (exact) mass is 1080 g/mol. The second-order valence-corrected chi connectivity index (χ2v) is 20.7. The number of carbonyl (C=O) groups is 3. The molecule has 0 saturated carbocycles. The van der Waals surface area contributed by atoms with Crippen LogP contribution in [-0.2, 0) is 40.2 Å². The first kappa shape index (κ1) is 57.6. The topological polar surface area (TPSA) is 218 Å². The molecule has 4 aromatic carbocycles. The normalized spacial score (nSPS) is 16.1. The van der Waals surface area contributed by atoms with Crippen LogP contribution < -0.4 is 16.0 Å². The molecule has 0 amide bonds. The van der Waals surface area contributed by atoms with E-state index in [2.05, 4.69) is 124 Å². The van der Waals surface area contributed by atoms with Gasteiger partial charge in [0.05, 0.1) is 23.3 Å². The highest BCUT2D eigenvalue weighted by molar-refractivity contribution is 7.80. The predicted octanol–water partition coefficient (Wildman–Crippen LogP) is 7.66. The van der Waals surface area contributed by atoms with Crippen LogP contribution >= 0.6 is 12.2 Å². The molecule has 3 saturated heterocycles. The molecule has 3 aliphatic rings. The highest BCUT2D eigenvalue weighted by Gasteiger charge is 2.39. The minimum Gasteiger partial charge on any atom is -0.462 e. The number of Topliss-reactive ketones (excluding diaryl/α,β-unsaturated/α-hetero) is 2. The first-order chi connectivity index (χ1) is 38.6. The lowest BCUT2D eigenvalue weighted by Gasteiger charge is -2.43. The first-order valence-electron chi connectivity index (χ1n) is 27.1. The zero-order valence-corrected chi connectivity index (χ0v) is 45.6. The smallest absolute Gasteiger partial charge is 0.341 e. The number of piperidine rings is 3. The Labute approximate surface area is 468 Å². The molecule has 6 heterocycles. The molecule has 3 aromatic heterocycles. The summed E-state index contributed by atoms with van der Waals surface area (Å²) in [6.45, 7) is 6.70. The van der Waals surface area contributed by atoms with Crippen LogP contribution in [0.3, 0.4) is 0 Å². The van der Waals surface area contributed by atoms with Crippen LogP contribution in [0.15, 0.2) is 159 Å². The van der Waals surface area contributed by atoms with Gasteiger partial charge in [-0.05, 0) is 113 Å². The van der Waals surface area contributed by atoms with E-state index >= 15 is 0 Å². The van der Waals surface area contributed by atoms with E-state index in [-0.39, 0.29) is 33.8 Å². The molecule has 0 bridgehead atoms. The van der Waals surface area contributed by atoms with Crippen molar-refractivity contribution in [3.63, 3.8) is 0 Å². The fourth-order valence-electron chi connectivity index (χ4n) is 10.8. The van der Waals surface area contributed by atoms with E-state index in [4.69, 9.17) is 27.2 Å². The summed E-state index contributed by atoms with van der Waals surface area (Å²) in [5.41, 5.74) is 5.98. The van der Waals surface area contributed by atoms with Crippen molar-refractivity contribution in [2.45, 2.75) is 81.0 Å². The number of carbonyl (C=O) groups excluding carboxylic acids is 3. The maximum absolute atomic E-state index is 11.7. The summed E-state index contributed by atoms with van der Waals surface area (Å²) in [5, 5.41) is 28.9. The molecule has 7 aromatic rings. The van der Waals surface area contributed by atoms with Crippen LogP contribution in [0.25, 0.3) is 0 Å². The fraction of sp³-hybridized carbons (Fsp3) is 0.355. The zero-order chi connectivity index (χ0) is 55.3. The second-order valence-electron chi connectivity index (χ2n) is 20.3. The molecule has 16 nitrogen and oxygen atoms in total. The quantitative estimate of drug-likeness (QED) is 0.0357. The number of benzene rings is 4. The first-order valence-corrected chi connectivity index (χ1v) is 27.5. The van der Waals surface area contributed by atoms with Gasteiger partial charge < -0.3 is 35.8 Å². The van der Waals surface area contributed by atoms with Gasteiger partial charge in [-0.3, -0.25) is 9.59 Å². The molecule has 17 heteroatoms. The van der Waals surface area contributed by atoms with Crippen LogP contribution in [-0.4, -0.2) is 127 Å². The average molecular weight is 1080 g/mol. The number of nitrogens with one attached hydrogen (secondary N) is 3. The Morgan fingerprint density at radius 2 is 0.848 bits per heavy atom. The highest BCUT2D eigenvalue weighted by atomic mass is 32.1. The number of nitrogens with zero attached hydrogens (tertiary/aromatic N) is 7. The Kier molecular flexibility index (Phi) is 20.7. The standard InChI is InChI=1S/C25H26N4O2S.C19H23N3O2.C18H21N3O2/c30-18-22(31)19-16-26-23(27-17-19)15-25(20-7-3-1-4-8-20)11-13-29(14-12-25)24(32)28-21-9-5-2-6-10-21;1-2-24-18(23)15-13-21-17(22-14-15)12-19(8-10-20-11-9-19)16-6-4-3-5-7-16;22-13-16(23)14-11-20-17(21-12-14)10-18(6-8-19-9-7-18)15-4-2-1-3-5-15/h1-10,16-17,30H,11-15,18H2,(H,28,32);3-7,13-14,20H,2,8-12H2,1H3;1-5,11-12,19,22H,6-10,13H2. The second kappa shape index (κ2) is 28.4. The van der Waals surface area contributed by atoms with Gasteiger partial charge >= 0.3 is 5.97 Å². The van der Waals surface area contributed by atoms with Crippen LogP contribution in [0.4, 0.5) is 5.69 Å². The molecule has 0 spiro atoms. The van der Waals surface area contributed by atoms with Crippen molar-refractivity contribution in [3.05, 3.63) is 209 Å². The van der Waals surface area contributed by atoms with Crippen molar-refractivity contribution in [2.24, 2.45) is 0 Å². The van der Waals surface area contributed by atoms with Gasteiger partial charge in [0.15, 0.2) is 16.7 Å². The van der Waals surface area contributed by atoms with Crippen molar-refractivity contribution < 1.29 is 29.3 Å². The maximum Gasteiger partial charge on any atom is 0.341 e. The third kappa shape index (κ3) is 15.4. The molecule has 0 radical (unpaired) electrons. The molecule has 0 aliphatic carbocycles. The van der Waals surface area contributed by atoms with E-state index in [0.29, 0.717) is 35.5 Å². The highest BCUT2D eigenvalue weighted by Crippen LogP contribution is 2.40. The summed E-state index contributed by atoms with van der Waals surface area (Å²) < 4.78 is 4.98. The molecule has 0 atom stereocenters. The fourth-order valence-corrected chi connectivity index (χ4v) is 11.1. The number of aliphatic hydroxyl groups excluding tert-OH is 2. The van der Waals surface area contributed by atoms with Gasteiger partial charge in [0.1, 0.15) is 30.7 Å². The Morgan fingerprint density at radius 1 is 0.519 bits per heavy atom. The lowest BCUT2D eigenvalue weighted by Crippen LogP contribution is -2.47. The van der Waals surface area contributed by atoms with Crippen molar-refractivity contribution >= 4 is 40.6 Å². The van der Waals surface area contributed by atoms with Gasteiger partial charge in [0, 0.05) is 91.5 Å². The van der Waals surface area contributed by atoms with Crippen LogP contribution in [0, 0.1) is 0 Å². The van der Waals surface area contributed by atoms with Gasteiger partial charge in [-0.15, -0.1) is 0 Å². The molecule has 0 unspecified atom stereocenters. The van der Waals surface area contributed by atoms with E-state index in [0.717, 1.165) is 113 Å². The van der Waals surface area contributed by atoms with Crippen molar-refractivity contribution in [1.29, 1.82) is 0 Å². The summed E-state index contributed by atoms with van der Waals surface area (Å²) in [6.07, 6.45) is 17.4. The largest absolute Gasteiger partial charge is 0.462 e. The Morgan fingerprint density at radius 3 is 1.19 bits per heavy atom. The lowest BCUT2D eigenvalue weighted by atomic mass is 9.70. The third-order valence-corrected chi connectivity index (χ3v) is 15.7. The number of ether oxygens (including phenoxy) is 1. The number of likely N-dealkylation sites (tertiary alicyclic amines) is 1. The summed E-state index contributed by atoms with van der Waals surface area (Å²) in [7, 11) is 0. The number of ketones is 2. The summed E-state index contributed by atoms with van der Waals surface area (Å²) in [4.78, 5) is 63.5. The number of aromatic nitrogens is 6. The molecule has 3 aliphatic heterocycles. The van der Waals surface area contributed by atoms with Gasteiger partial charge in [0.2, 0.25) is 0 Å². The molecule has 10 rings (SSSR count). The Balaban J connectivity index is 0.000000159. The van der Waals surface area contributed by atoms with E-state index in [1.54, 1.807) is 19.3 Å². The minimum atomic E-state index is -0.538. The number of rotatable bonds is 16. The van der Waals surface area contributed by atoms with E-state index in [1.807, 2.05) is 48.5 Å². The number of anilines is 1. The van der Waals surface area contributed by atoms with Gasteiger partial charge in [0.25, 0.3) is 0 Å². The van der Waals surface area contributed by atoms with Crippen LogP contribution in [0.5, 0.6) is 0 Å². The Hall–Kier alpha value is -7.54. The number of thiocarbonyl (C=S) groups is 1. The number of hydrogen-bond acceptors (Lipinski definition) is 15. The maximum atomic E-state index is 11.7. The molecule has 410 valence electrons. The zero-order valence-electron chi connectivity index (χ0n) is 44.8. The summed E-state index contributed by atoms with van der Waals surface area (Å²) >= 11 is 5.67. The third-order valence-electron chi connectivity index (χ3n) is 15.4. The molecular formula is C62H70N10O6S. The SMILES string of the molecule is CCOC(=O)c1cnc(CC2(c3ccccc3)CCNCC2)nc1.O=C(CO)c1cnc(CC2(c3ccccc3)CCN(C(=S)Nc3ccccc3)CC2)nc1.O=C(CO)c1cnc(CC2(c3ccccc3)CCNCC2)nc1. The Bertz CT molecular complexity index is 3010. The number of para-hydroxylation sites is 1. The van der Waals surface area contributed by atoms with E-state index in [1.165, 1.54) is 41.5 Å². The van der Waals surface area contributed by atoms with Crippen molar-refractivity contribution in [1.82, 2.24) is 45.4 Å². The van der Waals surface area contributed by atoms with Crippen LogP contribution in [0.2, 0.25) is 0 Å². The van der Waals surface area contributed by atoms with Crippen molar-refractivity contribution in [2.75, 3.05) is 64.4 Å². The number of hydrogen-bond donors (Lipinski definition) is 5. The van der Waals surface area contributed by atoms with E-state index in [9.17, 15) is 14.4 Å². The van der Waals surface area contributed by atoms with Gasteiger partial charge in [-0.1, -0.05) is 109 Å². The van der Waals surface area contributed by atoms with Gasteiger partial charge in [-0.2, -0.15) is 0 Å². The predicted molar refractivity (Wildman–Crippen MR) is 308 cm³/mol. The average Bonchev–Trinajstić information content (AvgIpc) is 3.51. The van der Waals surface area contributed by atoms with Crippen molar-refractivity contribution in [3.8, 4) is 0 Å². The summed E-state index contributed by atoms with van der Waals surface area (Å²) in [6, 6.07) is 41.6. The lowest BCUT2D eigenvalue weighted by molar-refractivity contribution is 0.0525. The van der Waals surface area contributed by atoms with E-state index < -0.39 is 13.2 Å². The molecule has 79 heavy (non-hydrogen) atoms. The molecular weight excluding hydrogens is 1010 g/mol. The number of aliphatic hydroxyl groups is 2. The van der Waals surface area contributed by atoms with Gasteiger partial charge in [-0.25, -0.2) is 34.7 Å². The molecule has 3 fully saturated rings. The van der Waals surface area contributed by atoms with Crippen LogP contribution in [0.1, 0.15) is 111 Å². The molecule has 5 N–H and O–H groups in total.